The van der Waals surface area contributed by atoms with E-state index in [2.05, 4.69) is 54.2 Å². The van der Waals surface area contributed by atoms with Gasteiger partial charge in [0, 0.05) is 12.1 Å². The van der Waals surface area contributed by atoms with Crippen molar-refractivity contribution in [2.24, 2.45) is 0 Å². The van der Waals surface area contributed by atoms with Crippen LogP contribution in [0.15, 0.2) is 84.9 Å². The van der Waals surface area contributed by atoms with Crippen molar-refractivity contribution in [3.05, 3.63) is 107 Å². The van der Waals surface area contributed by atoms with E-state index in [4.69, 9.17) is 9.90 Å². The predicted octanol–water partition coefficient (Wildman–Crippen LogP) is 4.16. The molecular weight excluding hydrogens is 600 g/mol. The van der Waals surface area contributed by atoms with E-state index in [0.29, 0.717) is 5.56 Å². The van der Waals surface area contributed by atoms with Crippen molar-refractivity contribution in [3.63, 3.8) is 0 Å². The zero-order valence-electron chi connectivity index (χ0n) is 28.6. The summed E-state index contributed by atoms with van der Waals surface area (Å²) < 4.78 is 0. The minimum Gasteiger partial charge on any atom is -0.483 e. The minimum absolute atomic E-state index is 0.250. The Bertz CT molecular complexity index is 1290. The van der Waals surface area contributed by atoms with E-state index in [1.165, 1.54) is 18.9 Å². The Morgan fingerprint density at radius 1 is 0.766 bits per heavy atom. The number of nitrogens with one attached hydrogen (secondary N) is 4. The second-order valence-electron chi connectivity index (χ2n) is 9.77. The van der Waals surface area contributed by atoms with Crippen LogP contribution in [0.1, 0.15) is 68.1 Å². The molecule has 3 aromatic carbocycles. The normalized spacial score (nSPS) is 10.4. The summed E-state index contributed by atoms with van der Waals surface area (Å²) in [7, 11) is 0. The maximum absolute atomic E-state index is 12.1. The highest BCUT2D eigenvalue weighted by atomic mass is 16.3. The molecule has 258 valence electrons. The smallest absolute Gasteiger partial charge is 0.290 e. The van der Waals surface area contributed by atoms with Crippen LogP contribution < -0.4 is 21.3 Å². The van der Waals surface area contributed by atoms with Crippen molar-refractivity contribution in [3.8, 4) is 0 Å². The van der Waals surface area contributed by atoms with Gasteiger partial charge in [0.15, 0.2) is 0 Å². The summed E-state index contributed by atoms with van der Waals surface area (Å²) in [5.41, 5.74) is 3.69. The molecule has 6 N–H and O–H groups in total. The fourth-order valence-electron chi connectivity index (χ4n) is 3.32. The van der Waals surface area contributed by atoms with E-state index in [-0.39, 0.29) is 26.1 Å². The first-order valence-corrected chi connectivity index (χ1v) is 15.5. The molecule has 2 atom stereocenters. The van der Waals surface area contributed by atoms with Gasteiger partial charge in [0.25, 0.3) is 18.3 Å². The number of amides is 4. The highest BCUT2D eigenvalue weighted by Gasteiger charge is 2.20. The molecule has 11 heteroatoms. The summed E-state index contributed by atoms with van der Waals surface area (Å²) in [4.78, 5) is 56.4. The maximum atomic E-state index is 12.1. The first-order chi connectivity index (χ1) is 22.5. The van der Waals surface area contributed by atoms with Gasteiger partial charge in [-0.2, -0.15) is 0 Å². The molecule has 0 fully saturated rings. The number of hydrogen-bond acceptors (Lipinski definition) is 6. The average Bonchev–Trinajstić information content (AvgIpc) is 3.07. The van der Waals surface area contributed by atoms with Gasteiger partial charge in [0.2, 0.25) is 11.8 Å². The van der Waals surface area contributed by atoms with E-state index in [9.17, 15) is 24.3 Å². The van der Waals surface area contributed by atoms with Gasteiger partial charge in [0.1, 0.15) is 12.1 Å². The average molecular weight is 653 g/mol. The van der Waals surface area contributed by atoms with Crippen LogP contribution in [0.3, 0.4) is 0 Å². The van der Waals surface area contributed by atoms with Crippen molar-refractivity contribution < 1.29 is 34.2 Å². The zero-order chi connectivity index (χ0) is 36.0. The molecule has 3 aromatic rings. The molecule has 0 aliphatic rings. The molecule has 0 spiro atoms. The number of benzene rings is 3. The van der Waals surface area contributed by atoms with Crippen molar-refractivity contribution in [1.82, 2.24) is 21.3 Å². The highest BCUT2D eigenvalue weighted by molar-refractivity contribution is 5.97. The number of rotatable bonds is 10. The molecule has 0 saturated carbocycles. The van der Waals surface area contributed by atoms with Gasteiger partial charge >= 0.3 is 0 Å². The van der Waals surface area contributed by atoms with Crippen molar-refractivity contribution in [2.45, 2.75) is 73.6 Å². The summed E-state index contributed by atoms with van der Waals surface area (Å²) in [5.74, 6) is -2.14. The van der Waals surface area contributed by atoms with Gasteiger partial charge in [0.05, 0.1) is 13.1 Å². The van der Waals surface area contributed by atoms with Crippen LogP contribution in [0.4, 0.5) is 0 Å². The third kappa shape index (κ3) is 23.0. The van der Waals surface area contributed by atoms with Gasteiger partial charge in [-0.3, -0.25) is 24.0 Å². The number of carbonyl (C=O) groups is 5. The van der Waals surface area contributed by atoms with Gasteiger partial charge in [-0.25, -0.2) is 0 Å². The van der Waals surface area contributed by atoms with Crippen molar-refractivity contribution in [1.29, 1.82) is 0 Å². The topological polar surface area (TPSA) is 174 Å². The molecule has 3 rings (SSSR count). The number of carbonyl (C=O) groups excluding carboxylic acids is 4. The van der Waals surface area contributed by atoms with Crippen LogP contribution in [0.2, 0.25) is 0 Å². The van der Waals surface area contributed by atoms with Gasteiger partial charge in [-0.05, 0) is 38.5 Å². The zero-order valence-corrected chi connectivity index (χ0v) is 28.6. The van der Waals surface area contributed by atoms with Crippen LogP contribution in [0.25, 0.3) is 0 Å². The third-order valence-electron chi connectivity index (χ3n) is 5.48. The lowest BCUT2D eigenvalue weighted by Crippen LogP contribution is -2.50. The summed E-state index contributed by atoms with van der Waals surface area (Å²) in [6, 6.07) is 25.3. The number of carboxylic acid groups (broad SMARTS) is 1. The first kappa shape index (κ1) is 44.1. The quantitative estimate of drug-likeness (QED) is 0.178. The highest BCUT2D eigenvalue weighted by Crippen LogP contribution is 2.03. The van der Waals surface area contributed by atoms with Crippen molar-refractivity contribution >= 4 is 30.1 Å². The molecule has 4 amide bonds. The summed E-state index contributed by atoms with van der Waals surface area (Å²) in [6.07, 6.45) is -0.183. The molecule has 0 aromatic heterocycles. The Morgan fingerprint density at radius 2 is 1.28 bits per heavy atom. The van der Waals surface area contributed by atoms with E-state index < -0.39 is 35.8 Å². The SMILES string of the molecule is CC.CCC.Cc1cccc(CNC(=O)C(O)CNC(=O)C(C)NC(=O)CNC(=O)c2ccccc2)c1.Cc1ccccc1.O=CO. The second kappa shape index (κ2) is 28.4. The Kier molecular flexibility index (Phi) is 26.7. The molecule has 11 nitrogen and oxygen atoms in total. The van der Waals surface area contributed by atoms with Crippen LogP contribution in [0.5, 0.6) is 0 Å². The van der Waals surface area contributed by atoms with E-state index in [1.807, 2.05) is 63.2 Å². The first-order valence-electron chi connectivity index (χ1n) is 15.5. The molecule has 47 heavy (non-hydrogen) atoms. The van der Waals surface area contributed by atoms with E-state index in [1.54, 1.807) is 30.3 Å². The largest absolute Gasteiger partial charge is 0.483 e. The Hall–Kier alpha value is -5.03. The molecule has 0 saturated heterocycles. The predicted molar refractivity (Wildman–Crippen MR) is 186 cm³/mol. The molecule has 2 unspecified atom stereocenters. The molecule has 0 aliphatic carbocycles. The number of aryl methyl sites for hydroxylation is 2. The van der Waals surface area contributed by atoms with Gasteiger partial charge in [-0.15, -0.1) is 0 Å². The standard InChI is InChI=1S/C23H28N4O5.C7H8.C3H8.C2H6.CH2O2/c1-15-7-6-8-17(11-15)12-24-23(32)19(28)13-25-21(30)16(2)27-20(29)14-26-22(31)18-9-4-3-5-10-18;1-7-5-3-2-4-6-7;1-3-2;1-2;2-1-3/h3-11,16,19,28H,12-14H2,1-2H3,(H,24,32)(H,25,30)(H,26,31)(H,27,29);2-6H,1H3;3H2,1-2H3;1-2H3;1H,(H,2,3). The van der Waals surface area contributed by atoms with Gasteiger partial charge in [-0.1, -0.05) is 118 Å². The van der Waals surface area contributed by atoms with Crippen LogP contribution >= 0.6 is 0 Å². The number of aliphatic hydroxyl groups excluding tert-OH is 1. The molecular formula is C36H52N4O7. The summed E-state index contributed by atoms with van der Waals surface area (Å²) >= 11 is 0. The van der Waals surface area contributed by atoms with Crippen LogP contribution in [0, 0.1) is 13.8 Å². The third-order valence-corrected chi connectivity index (χ3v) is 5.48. The lowest BCUT2D eigenvalue weighted by atomic mass is 10.1. The lowest BCUT2D eigenvalue weighted by Gasteiger charge is -2.16. The van der Waals surface area contributed by atoms with Crippen LogP contribution in [-0.4, -0.2) is 65.5 Å². The Labute approximate surface area is 279 Å². The fourth-order valence-corrected chi connectivity index (χ4v) is 3.32. The lowest BCUT2D eigenvalue weighted by molar-refractivity contribution is -0.131. The second-order valence-corrected chi connectivity index (χ2v) is 9.77. The number of aliphatic hydroxyl groups is 1. The van der Waals surface area contributed by atoms with Crippen molar-refractivity contribution in [2.75, 3.05) is 13.1 Å². The molecule has 0 aliphatic heterocycles. The Morgan fingerprint density at radius 3 is 1.77 bits per heavy atom. The monoisotopic (exact) mass is 652 g/mol. The molecule has 0 bridgehead atoms. The fraction of sp³-hybridized carbons (Fsp3) is 0.361. The summed E-state index contributed by atoms with van der Waals surface area (Å²) in [5, 5.41) is 26.8. The maximum Gasteiger partial charge on any atom is 0.290 e. The summed E-state index contributed by atoms with van der Waals surface area (Å²) in [6.45, 7) is 13.1. The Balaban J connectivity index is 0. The molecule has 0 radical (unpaired) electrons. The minimum atomic E-state index is -1.43. The molecule has 0 heterocycles. The van der Waals surface area contributed by atoms with E-state index in [0.717, 1.165) is 11.1 Å². The van der Waals surface area contributed by atoms with E-state index >= 15 is 0 Å². The number of hydrogen-bond donors (Lipinski definition) is 6. The van der Waals surface area contributed by atoms with Gasteiger partial charge < -0.3 is 31.5 Å². The van der Waals surface area contributed by atoms with Crippen LogP contribution in [-0.2, 0) is 25.7 Å².